The molecule has 22 heteroatoms. The number of likely N-dealkylation sites (N-methyl/N-ethyl adjacent to an activating group) is 1. The molecule has 0 spiro atoms. The Hall–Kier alpha value is -7.46. The lowest BCUT2D eigenvalue weighted by Crippen LogP contribution is -2.53. The number of aldehydes is 2. The van der Waals surface area contributed by atoms with Crippen LogP contribution in [0.15, 0.2) is 79.3 Å². The van der Waals surface area contributed by atoms with Crippen molar-refractivity contribution in [2.75, 3.05) is 55.6 Å². The van der Waals surface area contributed by atoms with Gasteiger partial charge in [0.1, 0.15) is 41.5 Å². The van der Waals surface area contributed by atoms with Crippen molar-refractivity contribution in [2.45, 2.75) is 63.0 Å². The van der Waals surface area contributed by atoms with Gasteiger partial charge in [-0.25, -0.2) is 13.6 Å². The van der Waals surface area contributed by atoms with Crippen molar-refractivity contribution < 1.29 is 46.1 Å². The molecule has 0 radical (unpaired) electrons. The molecule has 6 aromatic rings. The first kappa shape index (κ1) is 50.9. The van der Waals surface area contributed by atoms with Gasteiger partial charge in [-0.2, -0.15) is 19.0 Å². The summed E-state index contributed by atoms with van der Waals surface area (Å²) in [5.41, 5.74) is 11.8. The van der Waals surface area contributed by atoms with Gasteiger partial charge in [-0.05, 0) is 82.2 Å². The van der Waals surface area contributed by atoms with Gasteiger partial charge in [-0.15, -0.1) is 0 Å². The lowest BCUT2D eigenvalue weighted by atomic mass is 9.93. The van der Waals surface area contributed by atoms with Crippen LogP contribution in [0.25, 0.3) is 33.3 Å². The molecule has 3 aliphatic rings. The standard InChI is InChI=1S/C31H33F3N8O2S.C19H21N3O5/c1-18(19-4-7-22(32)8-5-19)44-26-14-20(6-9-25(26)39-45(43)31(33)34)28-27-29(41(3)38-28)24(16-36-30(27)35)21-15-37-42(17-21)23-10-12-40(2)13-11-23;1-21(15-5-6-16(25)20-18(15)26)19(27)17-13(11-24)3-2-4-14(17)22-9-12(10-22)7-8-23/h4-9,14-18,23,31,39H,10-13H2,1-3H3,(H2,35,36);2-4,8,11-12,15H,5-7,9-10H2,1H3,(H,20,25,26). The van der Waals surface area contributed by atoms with Crippen LogP contribution in [0, 0.1) is 11.7 Å². The summed E-state index contributed by atoms with van der Waals surface area (Å²) in [4.78, 5) is 68.8. The van der Waals surface area contributed by atoms with Gasteiger partial charge >= 0.3 is 5.76 Å². The average Bonchev–Trinajstić information content (AvgIpc) is 3.99. The van der Waals surface area contributed by atoms with Crippen LogP contribution in [-0.2, 0) is 32.4 Å². The number of hydrogen-bond donors (Lipinski definition) is 3. The monoisotopic (exact) mass is 1010 g/mol. The number of hydrogen-bond acceptors (Lipinski definition) is 13. The minimum atomic E-state index is -3.11. The molecule has 6 heterocycles. The normalized spacial score (nSPS) is 17.4. The van der Waals surface area contributed by atoms with Gasteiger partial charge in [0.2, 0.25) is 11.8 Å². The highest BCUT2D eigenvalue weighted by atomic mass is 32.2. The molecule has 3 aliphatic heterocycles. The second kappa shape index (κ2) is 21.9. The Bertz CT molecular complexity index is 3030. The zero-order chi connectivity index (χ0) is 51.4. The van der Waals surface area contributed by atoms with E-state index in [0.717, 1.165) is 48.9 Å². The van der Waals surface area contributed by atoms with Crippen LogP contribution in [0.5, 0.6) is 5.75 Å². The molecule has 3 fully saturated rings. The highest BCUT2D eigenvalue weighted by molar-refractivity contribution is 7.86. The van der Waals surface area contributed by atoms with Crippen LogP contribution in [0.2, 0.25) is 0 Å². The van der Waals surface area contributed by atoms with E-state index in [-0.39, 0.29) is 53.0 Å². The van der Waals surface area contributed by atoms with E-state index in [4.69, 9.17) is 15.6 Å². The third-order valence-electron chi connectivity index (χ3n) is 13.3. The zero-order valence-corrected chi connectivity index (χ0v) is 40.8. The number of amides is 3. The summed E-state index contributed by atoms with van der Waals surface area (Å²) >= 11 is 0. The SMILES string of the molecule is CC(Oc1cc(-c2nn(C)c3c(-c4cnn(C5CCN(C)CC5)c4)cnc(N)c23)ccc1NS(=O)C(F)F)c1ccc(F)cc1.CN(C(=O)c1c(C=O)cccc1N1CC(CC=O)C1)C1CCC(=O)NC1=O. The van der Waals surface area contributed by atoms with Crippen LogP contribution in [-0.4, -0.2) is 121 Å². The second-order valence-electron chi connectivity index (χ2n) is 18.1. The van der Waals surface area contributed by atoms with Crippen LogP contribution in [0.4, 0.5) is 30.4 Å². The van der Waals surface area contributed by atoms with Crippen molar-refractivity contribution in [3.63, 3.8) is 0 Å². The maximum Gasteiger partial charge on any atom is 0.330 e. The first-order chi connectivity index (χ1) is 34.5. The molecule has 72 heavy (non-hydrogen) atoms. The molecule has 0 saturated carbocycles. The molecule has 3 amide bonds. The average molecular weight is 1010 g/mol. The number of nitrogen functional groups attached to an aromatic ring is 1. The molecular weight excluding hydrogens is 956 g/mol. The predicted octanol–water partition coefficient (Wildman–Crippen LogP) is 6.33. The third kappa shape index (κ3) is 10.9. The minimum absolute atomic E-state index is 0.0969. The molecule has 3 aromatic heterocycles. The van der Waals surface area contributed by atoms with Crippen molar-refractivity contribution in [1.29, 1.82) is 0 Å². The van der Waals surface area contributed by atoms with Gasteiger partial charge in [-0.1, -0.05) is 30.3 Å². The number of imide groups is 1. The number of fused-ring (bicyclic) bond motifs is 1. The predicted molar refractivity (Wildman–Crippen MR) is 265 cm³/mol. The maximum absolute atomic E-state index is 13.5. The number of nitrogens with one attached hydrogen (secondary N) is 2. The van der Waals surface area contributed by atoms with E-state index < -0.39 is 46.5 Å². The number of ether oxygens (including phenoxy) is 1. The van der Waals surface area contributed by atoms with Gasteiger partial charge in [-0.3, -0.25) is 38.6 Å². The smallest absolute Gasteiger partial charge is 0.330 e. The number of anilines is 3. The number of rotatable bonds is 15. The van der Waals surface area contributed by atoms with Crippen LogP contribution in [0.3, 0.4) is 0 Å². The molecular formula is C50H54F3N11O7S. The van der Waals surface area contributed by atoms with Gasteiger partial charge in [0.15, 0.2) is 17.3 Å². The fraction of sp³-hybridized carbons (Fsp3) is 0.360. The highest BCUT2D eigenvalue weighted by Gasteiger charge is 2.36. The van der Waals surface area contributed by atoms with Crippen molar-refractivity contribution in [1.82, 2.24) is 39.7 Å². The Kier molecular flexibility index (Phi) is 15.5. The number of carbonyl (C=O) groups is 5. The van der Waals surface area contributed by atoms with E-state index in [0.29, 0.717) is 59.7 Å². The summed E-state index contributed by atoms with van der Waals surface area (Å²) in [6, 6.07) is 15.1. The lowest BCUT2D eigenvalue weighted by molar-refractivity contribution is -0.136. The number of likely N-dealkylation sites (tertiary alicyclic amines) is 1. The van der Waals surface area contributed by atoms with Crippen molar-refractivity contribution in [2.24, 2.45) is 13.0 Å². The van der Waals surface area contributed by atoms with Crippen molar-refractivity contribution in [3.8, 4) is 28.1 Å². The number of nitrogens with two attached hydrogens (primary N) is 1. The maximum atomic E-state index is 13.5. The summed E-state index contributed by atoms with van der Waals surface area (Å²) < 4.78 is 64.2. The minimum Gasteiger partial charge on any atom is -0.484 e. The van der Waals surface area contributed by atoms with Crippen LogP contribution >= 0.6 is 0 Å². The molecule has 0 bridgehead atoms. The van der Waals surface area contributed by atoms with Crippen molar-refractivity contribution in [3.05, 3.63) is 102 Å². The number of aromatic nitrogens is 5. The number of aryl methyl sites for hydroxylation is 1. The van der Waals surface area contributed by atoms with E-state index in [1.54, 1.807) is 60.3 Å². The molecule has 4 N–H and O–H groups in total. The Labute approximate surface area is 415 Å². The second-order valence-corrected chi connectivity index (χ2v) is 19.2. The largest absolute Gasteiger partial charge is 0.484 e. The molecule has 3 atom stereocenters. The lowest BCUT2D eigenvalue weighted by Gasteiger charge is -2.42. The fourth-order valence-electron chi connectivity index (χ4n) is 9.26. The molecule has 3 saturated heterocycles. The first-order valence-corrected chi connectivity index (χ1v) is 24.5. The van der Waals surface area contributed by atoms with E-state index in [1.165, 1.54) is 30.1 Å². The molecule has 3 unspecified atom stereocenters. The summed E-state index contributed by atoms with van der Waals surface area (Å²) in [6.45, 7) is 5.02. The van der Waals surface area contributed by atoms with E-state index in [2.05, 4.69) is 32.1 Å². The van der Waals surface area contributed by atoms with Crippen LogP contribution < -0.4 is 25.4 Å². The van der Waals surface area contributed by atoms with E-state index in [1.807, 2.05) is 29.0 Å². The Balaban J connectivity index is 0.000000219. The molecule has 3 aromatic carbocycles. The van der Waals surface area contributed by atoms with Crippen LogP contribution in [0.1, 0.15) is 77.5 Å². The summed E-state index contributed by atoms with van der Waals surface area (Å²) in [5.74, 6) is -4.17. The van der Waals surface area contributed by atoms with Gasteiger partial charge < -0.3 is 30.0 Å². The molecule has 378 valence electrons. The number of pyridine rings is 1. The number of benzene rings is 3. The van der Waals surface area contributed by atoms with E-state index in [9.17, 15) is 41.4 Å². The number of carbonyl (C=O) groups excluding carboxylic acids is 5. The van der Waals surface area contributed by atoms with E-state index >= 15 is 0 Å². The number of piperidine rings is 2. The Morgan fingerprint density at radius 1 is 1.03 bits per heavy atom. The molecule has 9 rings (SSSR count). The van der Waals surface area contributed by atoms with Crippen molar-refractivity contribution >= 4 is 69.4 Å². The molecule has 0 aliphatic carbocycles. The topological polar surface area (TPSA) is 220 Å². The number of nitrogens with zero attached hydrogens (tertiary/aromatic N) is 8. The molecule has 18 nitrogen and oxygen atoms in total. The Morgan fingerprint density at radius 2 is 1.76 bits per heavy atom. The van der Waals surface area contributed by atoms with Gasteiger partial charge in [0, 0.05) is 80.6 Å². The van der Waals surface area contributed by atoms with Gasteiger partial charge in [0.25, 0.3) is 5.91 Å². The first-order valence-electron chi connectivity index (χ1n) is 23.3. The quantitative estimate of drug-likeness (QED) is 0.0758. The third-order valence-corrected chi connectivity index (χ3v) is 14.0. The van der Waals surface area contributed by atoms with Gasteiger partial charge in [0.05, 0.1) is 40.1 Å². The Morgan fingerprint density at radius 3 is 2.44 bits per heavy atom. The number of halogens is 3. The fourth-order valence-corrected chi connectivity index (χ4v) is 9.73. The summed E-state index contributed by atoms with van der Waals surface area (Å²) in [7, 11) is 2.77. The zero-order valence-electron chi connectivity index (χ0n) is 40.0. The summed E-state index contributed by atoms with van der Waals surface area (Å²) in [6.07, 6.45) is 9.38. The highest BCUT2D eigenvalue weighted by Crippen LogP contribution is 2.41. The summed E-state index contributed by atoms with van der Waals surface area (Å²) in [5, 5.41) is 12.3. The number of alkyl halides is 2.